The summed E-state index contributed by atoms with van der Waals surface area (Å²) >= 11 is 5.92. The van der Waals surface area contributed by atoms with Crippen LogP contribution < -0.4 is 0 Å². The Morgan fingerprint density at radius 2 is 2.10 bits per heavy atom. The van der Waals surface area contributed by atoms with Crippen molar-refractivity contribution in [3.05, 3.63) is 12.2 Å². The molecule has 2 heteroatoms. The molecule has 54 valence electrons. The monoisotopic (exact) mass is 155 g/mol. The van der Waals surface area contributed by atoms with Gasteiger partial charge in [-0.25, -0.2) is 0 Å². The lowest BCUT2D eigenvalue weighted by Crippen LogP contribution is -1.87. The van der Waals surface area contributed by atoms with Crippen LogP contribution in [0.1, 0.15) is 13.8 Å². The molecule has 0 N–H and O–H groups in total. The summed E-state index contributed by atoms with van der Waals surface area (Å²) < 4.78 is 0. The Labute approximate surface area is 66.3 Å². The van der Waals surface area contributed by atoms with Crippen LogP contribution in [-0.2, 0) is 0 Å². The summed E-state index contributed by atoms with van der Waals surface area (Å²) in [7, 11) is 0. The predicted octanol–water partition coefficient (Wildman–Crippen LogP) is 2.33. The van der Waals surface area contributed by atoms with Crippen molar-refractivity contribution in [2.75, 3.05) is 0 Å². The number of alkyl halides is 1. The van der Waals surface area contributed by atoms with E-state index in [2.05, 4.69) is 13.8 Å². The number of rotatable bonds is 1. The van der Waals surface area contributed by atoms with Gasteiger partial charge in [-0.15, -0.1) is 11.6 Å². The number of nitriles is 1. The van der Waals surface area contributed by atoms with Crippen molar-refractivity contribution in [1.29, 1.82) is 5.26 Å². The normalized spacial score (nSPS) is 35.8. The van der Waals surface area contributed by atoms with Gasteiger partial charge < -0.3 is 0 Å². The molecule has 1 saturated carbocycles. The van der Waals surface area contributed by atoms with Gasteiger partial charge in [0.05, 0.1) is 6.07 Å². The molecule has 0 spiro atoms. The zero-order valence-electron chi connectivity index (χ0n) is 6.13. The second kappa shape index (κ2) is 2.29. The zero-order valence-corrected chi connectivity index (χ0v) is 6.89. The smallest absolute Gasteiger partial charge is 0.0908 e. The summed E-state index contributed by atoms with van der Waals surface area (Å²) in [5.74, 6) is 0.397. The SMILES string of the molecule is CC1(C)C(Cl)C1/C=C\C#N. The molecule has 1 nitrogen and oxygen atoms in total. The molecule has 0 bridgehead atoms. The van der Waals surface area contributed by atoms with E-state index in [1.165, 1.54) is 6.08 Å². The van der Waals surface area contributed by atoms with Crippen molar-refractivity contribution < 1.29 is 0 Å². The van der Waals surface area contributed by atoms with E-state index in [0.717, 1.165) is 0 Å². The Morgan fingerprint density at radius 3 is 2.40 bits per heavy atom. The molecule has 0 aromatic rings. The average molecular weight is 156 g/mol. The van der Waals surface area contributed by atoms with Crippen LogP contribution in [0.5, 0.6) is 0 Å². The number of hydrogen-bond acceptors (Lipinski definition) is 1. The lowest BCUT2D eigenvalue weighted by atomic mass is 10.1. The number of allylic oxidation sites excluding steroid dienone is 2. The summed E-state index contributed by atoms with van der Waals surface area (Å²) in [5.41, 5.74) is 0.203. The lowest BCUT2D eigenvalue weighted by molar-refractivity contribution is 0.611. The second-order valence-electron chi connectivity index (χ2n) is 3.24. The Kier molecular flexibility index (Phi) is 1.74. The van der Waals surface area contributed by atoms with E-state index in [1.54, 1.807) is 0 Å². The van der Waals surface area contributed by atoms with Crippen LogP contribution >= 0.6 is 11.6 Å². The van der Waals surface area contributed by atoms with Gasteiger partial charge in [0.25, 0.3) is 0 Å². The molecule has 1 aliphatic rings. The van der Waals surface area contributed by atoms with E-state index in [9.17, 15) is 0 Å². The molecular formula is C8H10ClN. The van der Waals surface area contributed by atoms with Crippen LogP contribution in [0, 0.1) is 22.7 Å². The fraction of sp³-hybridized carbons (Fsp3) is 0.625. The summed E-state index contributed by atoms with van der Waals surface area (Å²) in [5, 5.41) is 8.44. The van der Waals surface area contributed by atoms with Gasteiger partial charge in [-0.2, -0.15) is 5.26 Å². The maximum atomic E-state index is 8.22. The molecule has 0 heterocycles. The van der Waals surface area contributed by atoms with Gasteiger partial charge in [0.15, 0.2) is 0 Å². The Bertz CT molecular complexity index is 200. The van der Waals surface area contributed by atoms with E-state index in [-0.39, 0.29) is 10.8 Å². The van der Waals surface area contributed by atoms with Gasteiger partial charge in [-0.05, 0) is 5.41 Å². The summed E-state index contributed by atoms with van der Waals surface area (Å²) in [6.45, 7) is 4.22. The van der Waals surface area contributed by atoms with Crippen molar-refractivity contribution in [2.24, 2.45) is 11.3 Å². The van der Waals surface area contributed by atoms with Gasteiger partial charge in [-0.1, -0.05) is 19.9 Å². The van der Waals surface area contributed by atoms with Gasteiger partial charge in [-0.3, -0.25) is 0 Å². The van der Waals surface area contributed by atoms with Crippen molar-refractivity contribution in [3.8, 4) is 6.07 Å². The lowest BCUT2D eigenvalue weighted by Gasteiger charge is -1.93. The second-order valence-corrected chi connectivity index (χ2v) is 3.71. The molecule has 0 saturated heterocycles. The summed E-state index contributed by atoms with van der Waals surface area (Å²) in [6.07, 6.45) is 3.40. The van der Waals surface area contributed by atoms with Crippen molar-refractivity contribution in [1.82, 2.24) is 0 Å². The molecule has 2 atom stereocenters. The molecule has 0 aromatic heterocycles. The van der Waals surface area contributed by atoms with Crippen LogP contribution in [0.4, 0.5) is 0 Å². The molecule has 1 fully saturated rings. The van der Waals surface area contributed by atoms with Crippen molar-refractivity contribution in [2.45, 2.75) is 19.2 Å². The highest BCUT2D eigenvalue weighted by atomic mass is 35.5. The van der Waals surface area contributed by atoms with Gasteiger partial charge in [0.2, 0.25) is 0 Å². The predicted molar refractivity (Wildman–Crippen MR) is 41.7 cm³/mol. The molecule has 1 aliphatic carbocycles. The Balaban J connectivity index is 2.52. The van der Waals surface area contributed by atoms with Crippen LogP contribution in [0.25, 0.3) is 0 Å². The maximum absolute atomic E-state index is 8.22. The first-order chi connectivity index (χ1) is 4.60. The first kappa shape index (κ1) is 7.63. The van der Waals surface area contributed by atoms with E-state index in [4.69, 9.17) is 16.9 Å². The van der Waals surface area contributed by atoms with Crippen molar-refractivity contribution in [3.63, 3.8) is 0 Å². The Morgan fingerprint density at radius 1 is 1.60 bits per heavy atom. The fourth-order valence-electron chi connectivity index (χ4n) is 1.11. The highest BCUT2D eigenvalue weighted by Crippen LogP contribution is 2.56. The van der Waals surface area contributed by atoms with Crippen LogP contribution in [0.3, 0.4) is 0 Å². The molecule has 0 aromatic carbocycles. The van der Waals surface area contributed by atoms with Crippen LogP contribution in [0.15, 0.2) is 12.2 Å². The van der Waals surface area contributed by atoms with E-state index >= 15 is 0 Å². The van der Waals surface area contributed by atoms with Gasteiger partial charge in [0.1, 0.15) is 0 Å². The minimum absolute atomic E-state index is 0.203. The highest BCUT2D eigenvalue weighted by molar-refractivity contribution is 6.23. The van der Waals surface area contributed by atoms with Gasteiger partial charge in [0, 0.05) is 17.4 Å². The number of hydrogen-bond donors (Lipinski definition) is 0. The topological polar surface area (TPSA) is 23.8 Å². The third-order valence-electron chi connectivity index (χ3n) is 2.15. The van der Waals surface area contributed by atoms with Crippen molar-refractivity contribution >= 4 is 11.6 Å². The van der Waals surface area contributed by atoms with E-state index in [1.807, 2.05) is 12.1 Å². The minimum Gasteiger partial charge on any atom is -0.193 e. The van der Waals surface area contributed by atoms with Gasteiger partial charge >= 0.3 is 0 Å². The summed E-state index contributed by atoms with van der Waals surface area (Å²) in [6, 6.07) is 1.96. The minimum atomic E-state index is 0.203. The molecular weight excluding hydrogens is 146 g/mol. The molecule has 0 aliphatic heterocycles. The average Bonchev–Trinajstić information content (AvgIpc) is 2.31. The number of halogens is 1. The van der Waals surface area contributed by atoms with E-state index < -0.39 is 0 Å². The number of nitrogens with zero attached hydrogens (tertiary/aromatic N) is 1. The largest absolute Gasteiger partial charge is 0.193 e. The first-order valence-corrected chi connectivity index (χ1v) is 3.74. The Hall–Kier alpha value is -0.480. The third kappa shape index (κ3) is 1.04. The fourth-order valence-corrected chi connectivity index (χ4v) is 1.59. The quantitative estimate of drug-likeness (QED) is 0.421. The standard InChI is InChI=1S/C8H10ClN/c1-8(2)6(7(8)9)4-3-5-10/h3-4,6-7H,1-2H3/b4-3-. The molecule has 10 heavy (non-hydrogen) atoms. The zero-order chi connectivity index (χ0) is 7.78. The maximum Gasteiger partial charge on any atom is 0.0908 e. The molecule has 2 unspecified atom stereocenters. The third-order valence-corrected chi connectivity index (χ3v) is 2.99. The highest BCUT2D eigenvalue weighted by Gasteiger charge is 2.55. The molecule has 0 amide bonds. The van der Waals surface area contributed by atoms with Crippen LogP contribution in [-0.4, -0.2) is 5.38 Å². The first-order valence-electron chi connectivity index (χ1n) is 3.31. The van der Waals surface area contributed by atoms with E-state index in [0.29, 0.717) is 5.92 Å². The van der Waals surface area contributed by atoms with Crippen LogP contribution in [0.2, 0.25) is 0 Å². The molecule has 0 radical (unpaired) electrons. The molecule has 1 rings (SSSR count). The summed E-state index contributed by atoms with van der Waals surface area (Å²) in [4.78, 5) is 0.